The highest BCUT2D eigenvalue weighted by Crippen LogP contribution is 2.37. The number of nitrogens with zero attached hydrogens (tertiary/aromatic N) is 1. The first-order chi connectivity index (χ1) is 8.74. The van der Waals surface area contributed by atoms with E-state index in [0.717, 1.165) is 24.3 Å². The van der Waals surface area contributed by atoms with Gasteiger partial charge in [-0.15, -0.1) is 0 Å². The Balaban J connectivity index is 2.13. The van der Waals surface area contributed by atoms with Crippen LogP contribution in [0.4, 0.5) is 0 Å². The molecule has 1 aliphatic carbocycles. The van der Waals surface area contributed by atoms with Crippen molar-refractivity contribution in [2.45, 2.75) is 51.4 Å². The Morgan fingerprint density at radius 3 is 2.39 bits per heavy atom. The first-order valence-corrected chi connectivity index (χ1v) is 7.28. The number of benzene rings is 1. The molecule has 0 N–H and O–H groups in total. The summed E-state index contributed by atoms with van der Waals surface area (Å²) in [4.78, 5) is 0. The van der Waals surface area contributed by atoms with Crippen molar-refractivity contribution >= 4 is 11.6 Å². The van der Waals surface area contributed by atoms with E-state index in [9.17, 15) is 5.26 Å². The monoisotopic (exact) mass is 261 g/mol. The minimum Gasteiger partial charge on any atom is -0.198 e. The summed E-state index contributed by atoms with van der Waals surface area (Å²) >= 11 is 6.03. The highest BCUT2D eigenvalue weighted by Gasteiger charge is 2.30. The van der Waals surface area contributed by atoms with Crippen LogP contribution >= 0.6 is 11.6 Å². The molecule has 1 aromatic rings. The van der Waals surface area contributed by atoms with E-state index < -0.39 is 0 Å². The predicted molar refractivity (Wildman–Crippen MR) is 75.5 cm³/mol. The van der Waals surface area contributed by atoms with Gasteiger partial charge in [-0.3, -0.25) is 0 Å². The standard InChI is InChI=1S/C16H20ClN/c17-15-8-6-7-14(11-15)12-16(13-18)9-4-2-1-3-5-10-16/h6-8,11H,1-5,9-10,12H2. The van der Waals surface area contributed by atoms with Crippen LogP contribution in [0, 0.1) is 16.7 Å². The molecule has 1 fully saturated rings. The minimum atomic E-state index is -0.162. The highest BCUT2D eigenvalue weighted by atomic mass is 35.5. The summed E-state index contributed by atoms with van der Waals surface area (Å²) in [6, 6.07) is 10.6. The molecule has 0 saturated heterocycles. The molecule has 1 saturated carbocycles. The molecule has 1 aromatic carbocycles. The maximum absolute atomic E-state index is 9.61. The van der Waals surface area contributed by atoms with E-state index in [4.69, 9.17) is 11.6 Å². The molecular weight excluding hydrogens is 242 g/mol. The van der Waals surface area contributed by atoms with Gasteiger partial charge in [0.2, 0.25) is 0 Å². The molecule has 2 rings (SSSR count). The Morgan fingerprint density at radius 1 is 1.11 bits per heavy atom. The molecule has 0 unspecified atom stereocenters. The lowest BCUT2D eigenvalue weighted by Crippen LogP contribution is -2.23. The highest BCUT2D eigenvalue weighted by molar-refractivity contribution is 6.30. The number of nitriles is 1. The molecule has 96 valence electrons. The fourth-order valence-corrected chi connectivity index (χ4v) is 3.16. The van der Waals surface area contributed by atoms with Crippen LogP contribution in [0.25, 0.3) is 0 Å². The second kappa shape index (κ2) is 6.25. The van der Waals surface area contributed by atoms with Crippen LogP contribution < -0.4 is 0 Å². The van der Waals surface area contributed by atoms with Gasteiger partial charge in [0.05, 0.1) is 11.5 Å². The molecule has 0 amide bonds. The second-order valence-corrected chi connectivity index (χ2v) is 5.90. The molecule has 18 heavy (non-hydrogen) atoms. The van der Waals surface area contributed by atoms with E-state index >= 15 is 0 Å². The molecule has 0 spiro atoms. The van der Waals surface area contributed by atoms with Gasteiger partial charge < -0.3 is 0 Å². The zero-order valence-electron chi connectivity index (χ0n) is 10.8. The van der Waals surface area contributed by atoms with E-state index in [-0.39, 0.29) is 5.41 Å². The number of halogens is 1. The van der Waals surface area contributed by atoms with Crippen LogP contribution in [0.2, 0.25) is 5.02 Å². The average molecular weight is 262 g/mol. The van der Waals surface area contributed by atoms with E-state index in [2.05, 4.69) is 12.1 Å². The predicted octanol–water partition coefficient (Wildman–Crippen LogP) is 5.14. The Kier molecular flexibility index (Phi) is 4.66. The molecule has 0 aromatic heterocycles. The number of hydrogen-bond acceptors (Lipinski definition) is 1. The first kappa shape index (κ1) is 13.4. The van der Waals surface area contributed by atoms with Crippen molar-refractivity contribution in [3.8, 4) is 6.07 Å². The fraction of sp³-hybridized carbons (Fsp3) is 0.562. The Labute approximate surface area is 115 Å². The van der Waals surface area contributed by atoms with Crippen LogP contribution in [0.5, 0.6) is 0 Å². The maximum atomic E-state index is 9.61. The fourth-order valence-electron chi connectivity index (χ4n) is 2.95. The lowest BCUT2D eigenvalue weighted by atomic mass is 9.73. The smallest absolute Gasteiger partial charge is 0.0693 e. The third-order valence-corrected chi connectivity index (χ3v) is 4.21. The van der Waals surface area contributed by atoms with Gasteiger partial charge >= 0.3 is 0 Å². The zero-order chi connectivity index (χ0) is 12.8. The van der Waals surface area contributed by atoms with Crippen LogP contribution in [0.15, 0.2) is 24.3 Å². The van der Waals surface area contributed by atoms with E-state index in [1.54, 1.807) is 0 Å². The SMILES string of the molecule is N#CC1(Cc2cccc(Cl)c2)CCCCCCC1. The van der Waals surface area contributed by atoms with E-state index in [1.807, 2.05) is 18.2 Å². The molecule has 0 heterocycles. The van der Waals surface area contributed by atoms with Gasteiger partial charge in [-0.25, -0.2) is 0 Å². The molecule has 0 radical (unpaired) electrons. The lowest BCUT2D eigenvalue weighted by molar-refractivity contribution is 0.287. The Bertz CT molecular complexity index is 425. The average Bonchev–Trinajstić information content (AvgIpc) is 2.33. The van der Waals surface area contributed by atoms with Crippen molar-refractivity contribution in [1.82, 2.24) is 0 Å². The van der Waals surface area contributed by atoms with Crippen LogP contribution in [-0.2, 0) is 6.42 Å². The van der Waals surface area contributed by atoms with Gasteiger partial charge in [0.25, 0.3) is 0 Å². The van der Waals surface area contributed by atoms with Gasteiger partial charge in [0.15, 0.2) is 0 Å². The Morgan fingerprint density at radius 2 is 1.78 bits per heavy atom. The largest absolute Gasteiger partial charge is 0.198 e. The van der Waals surface area contributed by atoms with Gasteiger partial charge in [-0.05, 0) is 37.0 Å². The number of hydrogen-bond donors (Lipinski definition) is 0. The van der Waals surface area contributed by atoms with Crippen molar-refractivity contribution in [2.24, 2.45) is 5.41 Å². The normalized spacial score (nSPS) is 19.6. The van der Waals surface area contributed by atoms with Gasteiger partial charge in [0, 0.05) is 5.02 Å². The first-order valence-electron chi connectivity index (χ1n) is 6.90. The van der Waals surface area contributed by atoms with Crippen molar-refractivity contribution in [3.05, 3.63) is 34.9 Å². The minimum absolute atomic E-state index is 0.162. The molecule has 0 aliphatic heterocycles. The third-order valence-electron chi connectivity index (χ3n) is 3.98. The molecule has 2 heteroatoms. The van der Waals surface area contributed by atoms with Crippen molar-refractivity contribution in [3.63, 3.8) is 0 Å². The summed E-state index contributed by atoms with van der Waals surface area (Å²) in [5.41, 5.74) is 1.04. The zero-order valence-corrected chi connectivity index (χ0v) is 11.5. The van der Waals surface area contributed by atoms with Crippen LogP contribution in [0.3, 0.4) is 0 Å². The summed E-state index contributed by atoms with van der Waals surface area (Å²) in [6.07, 6.45) is 9.19. The molecular formula is C16H20ClN. The Hall–Kier alpha value is -1.00. The van der Waals surface area contributed by atoms with E-state index in [1.165, 1.54) is 37.7 Å². The summed E-state index contributed by atoms with van der Waals surface area (Å²) in [5.74, 6) is 0. The molecule has 0 bridgehead atoms. The molecule has 0 atom stereocenters. The van der Waals surface area contributed by atoms with Gasteiger partial charge in [-0.1, -0.05) is 55.8 Å². The number of rotatable bonds is 2. The summed E-state index contributed by atoms with van der Waals surface area (Å²) in [6.45, 7) is 0. The lowest BCUT2D eigenvalue weighted by Gasteiger charge is -2.28. The second-order valence-electron chi connectivity index (χ2n) is 5.47. The van der Waals surface area contributed by atoms with Crippen molar-refractivity contribution in [1.29, 1.82) is 5.26 Å². The third kappa shape index (κ3) is 3.50. The topological polar surface area (TPSA) is 23.8 Å². The van der Waals surface area contributed by atoms with Crippen LogP contribution in [-0.4, -0.2) is 0 Å². The summed E-state index contributed by atoms with van der Waals surface area (Å²) in [5, 5.41) is 10.4. The molecule has 1 aliphatic rings. The van der Waals surface area contributed by atoms with Gasteiger partial charge in [-0.2, -0.15) is 5.26 Å². The quantitative estimate of drug-likeness (QED) is 0.723. The van der Waals surface area contributed by atoms with Crippen molar-refractivity contribution in [2.75, 3.05) is 0 Å². The van der Waals surface area contributed by atoms with Crippen molar-refractivity contribution < 1.29 is 0 Å². The van der Waals surface area contributed by atoms with E-state index in [0.29, 0.717) is 0 Å². The van der Waals surface area contributed by atoms with Gasteiger partial charge in [0.1, 0.15) is 0 Å². The maximum Gasteiger partial charge on any atom is 0.0693 e. The summed E-state index contributed by atoms with van der Waals surface area (Å²) in [7, 11) is 0. The van der Waals surface area contributed by atoms with Crippen LogP contribution in [0.1, 0.15) is 50.5 Å². The summed E-state index contributed by atoms with van der Waals surface area (Å²) < 4.78 is 0. The molecule has 1 nitrogen and oxygen atoms in total.